The number of hydrogen-bond acceptors (Lipinski definition) is 2. The van der Waals surface area contributed by atoms with Gasteiger partial charge in [0.05, 0.1) is 0 Å². The van der Waals surface area contributed by atoms with Crippen LogP contribution in [0.3, 0.4) is 0 Å². The van der Waals surface area contributed by atoms with E-state index in [9.17, 15) is 4.79 Å². The lowest BCUT2D eigenvalue weighted by atomic mass is 10.2. The number of benzene rings is 2. The average molecular weight is 543 g/mol. The van der Waals surface area contributed by atoms with Crippen molar-refractivity contribution in [3.05, 3.63) is 63.2 Å². The maximum atomic E-state index is 12.4. The SMILES string of the molecule is Cc1cccc(NC(=S)NC(NC(=O)c2cccc(I)c2)C(Cl)(Cl)Cl)c1. The standard InChI is InChI=1S/C17H15Cl3IN3OS/c1-10-4-2-7-13(8-10)22-16(26)24-15(17(18,19)20)23-14(25)11-5-3-6-12(21)9-11/h2-9,15H,1H3,(H,23,25)(H2,22,24,26). The Hall–Kier alpha value is -0.800. The van der Waals surface area contributed by atoms with Crippen molar-refractivity contribution in [3.8, 4) is 0 Å². The van der Waals surface area contributed by atoms with E-state index in [0.29, 0.717) is 5.56 Å². The molecule has 1 amide bonds. The van der Waals surface area contributed by atoms with Gasteiger partial charge in [-0.3, -0.25) is 4.79 Å². The van der Waals surface area contributed by atoms with Crippen LogP contribution in [0.4, 0.5) is 5.69 Å². The molecule has 26 heavy (non-hydrogen) atoms. The normalized spacial score (nSPS) is 12.2. The fourth-order valence-electron chi connectivity index (χ4n) is 2.06. The molecule has 9 heteroatoms. The topological polar surface area (TPSA) is 53.2 Å². The molecule has 0 aliphatic rings. The fraction of sp³-hybridized carbons (Fsp3) is 0.176. The van der Waals surface area contributed by atoms with Crippen molar-refractivity contribution in [2.75, 3.05) is 5.32 Å². The number of anilines is 1. The largest absolute Gasteiger partial charge is 0.339 e. The summed E-state index contributed by atoms with van der Waals surface area (Å²) >= 11 is 25.4. The number of halogens is 4. The highest BCUT2D eigenvalue weighted by Gasteiger charge is 2.34. The predicted octanol–water partition coefficient (Wildman–Crippen LogP) is 5.01. The summed E-state index contributed by atoms with van der Waals surface area (Å²) < 4.78 is -0.888. The van der Waals surface area contributed by atoms with E-state index >= 15 is 0 Å². The number of alkyl halides is 3. The Morgan fingerprint density at radius 3 is 2.42 bits per heavy atom. The highest BCUT2D eigenvalue weighted by molar-refractivity contribution is 14.1. The molecule has 2 rings (SSSR count). The average Bonchev–Trinajstić information content (AvgIpc) is 2.53. The Kier molecular flexibility index (Phi) is 7.78. The molecule has 0 aromatic heterocycles. The lowest BCUT2D eigenvalue weighted by Crippen LogP contribution is -2.56. The Labute approximate surface area is 186 Å². The molecule has 2 aromatic rings. The molecule has 0 spiro atoms. The minimum atomic E-state index is -1.81. The first-order valence-corrected chi connectivity index (χ1v) is 10.0. The van der Waals surface area contributed by atoms with Crippen molar-refractivity contribution < 1.29 is 4.79 Å². The molecule has 0 radical (unpaired) electrons. The Balaban J connectivity index is 2.07. The minimum Gasteiger partial charge on any atom is -0.339 e. The monoisotopic (exact) mass is 541 g/mol. The third-order valence-corrected chi connectivity index (χ3v) is 4.79. The molecule has 1 unspecified atom stereocenters. The van der Waals surface area contributed by atoms with Crippen LogP contribution in [0.2, 0.25) is 0 Å². The molecular formula is C17H15Cl3IN3OS. The van der Waals surface area contributed by atoms with Crippen molar-refractivity contribution in [2.45, 2.75) is 16.9 Å². The Morgan fingerprint density at radius 2 is 1.81 bits per heavy atom. The minimum absolute atomic E-state index is 0.217. The highest BCUT2D eigenvalue weighted by atomic mass is 127. The molecule has 0 bridgehead atoms. The summed E-state index contributed by atoms with van der Waals surface area (Å²) in [5.41, 5.74) is 2.31. The first-order valence-electron chi connectivity index (χ1n) is 7.42. The van der Waals surface area contributed by atoms with Gasteiger partial charge < -0.3 is 16.0 Å². The summed E-state index contributed by atoms with van der Waals surface area (Å²) in [6.45, 7) is 1.97. The van der Waals surface area contributed by atoms with Crippen LogP contribution in [0.25, 0.3) is 0 Å². The van der Waals surface area contributed by atoms with Crippen LogP contribution in [-0.2, 0) is 0 Å². The fourth-order valence-corrected chi connectivity index (χ4v) is 3.17. The third-order valence-electron chi connectivity index (χ3n) is 3.24. The van der Waals surface area contributed by atoms with E-state index < -0.39 is 9.96 Å². The van der Waals surface area contributed by atoms with E-state index in [1.807, 2.05) is 37.3 Å². The van der Waals surface area contributed by atoms with Crippen molar-refractivity contribution in [1.82, 2.24) is 10.6 Å². The van der Waals surface area contributed by atoms with Gasteiger partial charge in [-0.15, -0.1) is 0 Å². The molecule has 0 saturated heterocycles. The molecule has 0 heterocycles. The van der Waals surface area contributed by atoms with Crippen LogP contribution >= 0.6 is 69.6 Å². The number of thiocarbonyl (C=S) groups is 1. The lowest BCUT2D eigenvalue weighted by molar-refractivity contribution is 0.0934. The Morgan fingerprint density at radius 1 is 1.12 bits per heavy atom. The second-order valence-electron chi connectivity index (χ2n) is 5.43. The Bertz CT molecular complexity index is 814. The van der Waals surface area contributed by atoms with Gasteiger partial charge in [0.25, 0.3) is 5.91 Å². The number of amides is 1. The van der Waals surface area contributed by atoms with E-state index in [0.717, 1.165) is 14.8 Å². The molecule has 0 aliphatic carbocycles. The van der Waals surface area contributed by atoms with E-state index in [1.165, 1.54) is 0 Å². The van der Waals surface area contributed by atoms with Gasteiger partial charge in [-0.25, -0.2) is 0 Å². The second-order valence-corrected chi connectivity index (χ2v) is 9.45. The van der Waals surface area contributed by atoms with Crippen molar-refractivity contribution in [2.24, 2.45) is 0 Å². The van der Waals surface area contributed by atoms with E-state index in [2.05, 4.69) is 38.5 Å². The van der Waals surface area contributed by atoms with Gasteiger partial charge in [-0.05, 0) is 77.6 Å². The first-order chi connectivity index (χ1) is 12.1. The maximum absolute atomic E-state index is 12.4. The second kappa shape index (κ2) is 9.41. The number of hydrogen-bond donors (Lipinski definition) is 3. The number of aryl methyl sites for hydroxylation is 1. The van der Waals surface area contributed by atoms with Gasteiger partial charge in [0.15, 0.2) is 5.11 Å². The number of rotatable bonds is 4. The van der Waals surface area contributed by atoms with Crippen LogP contribution in [0.15, 0.2) is 48.5 Å². The summed E-state index contributed by atoms with van der Waals surface area (Å²) in [6.07, 6.45) is -1.03. The van der Waals surface area contributed by atoms with Crippen molar-refractivity contribution >= 4 is 86.3 Å². The van der Waals surface area contributed by atoms with Crippen LogP contribution in [-0.4, -0.2) is 21.0 Å². The molecule has 138 valence electrons. The van der Waals surface area contributed by atoms with Gasteiger partial charge in [-0.1, -0.05) is 53.0 Å². The molecule has 0 saturated carbocycles. The predicted molar refractivity (Wildman–Crippen MR) is 121 cm³/mol. The van der Waals surface area contributed by atoms with Gasteiger partial charge in [0.2, 0.25) is 3.79 Å². The zero-order valence-corrected chi connectivity index (χ0v) is 18.8. The quantitative estimate of drug-likeness (QED) is 0.220. The lowest BCUT2D eigenvalue weighted by Gasteiger charge is -2.27. The molecule has 2 aromatic carbocycles. The summed E-state index contributed by atoms with van der Waals surface area (Å²) in [7, 11) is 0. The van der Waals surface area contributed by atoms with Crippen molar-refractivity contribution in [1.29, 1.82) is 0 Å². The number of carbonyl (C=O) groups excluding carboxylic acids is 1. The zero-order chi connectivity index (χ0) is 19.3. The van der Waals surface area contributed by atoms with Gasteiger partial charge in [0.1, 0.15) is 6.17 Å². The summed E-state index contributed by atoms with van der Waals surface area (Å²) in [5.74, 6) is -0.384. The molecule has 1 atom stereocenters. The first kappa shape index (κ1) is 21.5. The van der Waals surface area contributed by atoms with Gasteiger partial charge in [-0.2, -0.15) is 0 Å². The summed E-state index contributed by atoms with van der Waals surface area (Å²) in [4.78, 5) is 12.4. The number of nitrogens with one attached hydrogen (secondary N) is 3. The molecular weight excluding hydrogens is 528 g/mol. The van der Waals surface area contributed by atoms with E-state index in [1.54, 1.807) is 18.2 Å². The third kappa shape index (κ3) is 6.74. The summed E-state index contributed by atoms with van der Waals surface area (Å²) in [6, 6.07) is 14.7. The number of carbonyl (C=O) groups is 1. The van der Waals surface area contributed by atoms with E-state index in [4.69, 9.17) is 47.0 Å². The molecule has 3 N–H and O–H groups in total. The maximum Gasteiger partial charge on any atom is 0.253 e. The van der Waals surface area contributed by atoms with Gasteiger partial charge >= 0.3 is 0 Å². The van der Waals surface area contributed by atoms with Crippen LogP contribution in [0, 0.1) is 10.5 Å². The smallest absolute Gasteiger partial charge is 0.253 e. The highest BCUT2D eigenvalue weighted by Crippen LogP contribution is 2.29. The van der Waals surface area contributed by atoms with Crippen LogP contribution < -0.4 is 16.0 Å². The zero-order valence-electron chi connectivity index (χ0n) is 13.5. The summed E-state index contributed by atoms with van der Waals surface area (Å²) in [5, 5.41) is 8.70. The molecule has 0 aliphatic heterocycles. The van der Waals surface area contributed by atoms with Crippen molar-refractivity contribution in [3.63, 3.8) is 0 Å². The van der Waals surface area contributed by atoms with Gasteiger partial charge in [0, 0.05) is 14.8 Å². The molecule has 0 fully saturated rings. The van der Waals surface area contributed by atoms with Crippen LogP contribution in [0.5, 0.6) is 0 Å². The molecule has 4 nitrogen and oxygen atoms in total. The van der Waals surface area contributed by atoms with Crippen LogP contribution in [0.1, 0.15) is 15.9 Å². The van der Waals surface area contributed by atoms with E-state index in [-0.39, 0.29) is 11.0 Å².